The summed E-state index contributed by atoms with van der Waals surface area (Å²) < 4.78 is 1.54. The second-order valence-corrected chi connectivity index (χ2v) is 5.71. The molecule has 0 aliphatic heterocycles. The fourth-order valence-corrected chi connectivity index (χ4v) is 1.87. The van der Waals surface area contributed by atoms with Gasteiger partial charge in [-0.2, -0.15) is 4.98 Å². The Kier molecular flexibility index (Phi) is 3.42. The Morgan fingerprint density at radius 2 is 1.79 bits per heavy atom. The Morgan fingerprint density at radius 3 is 2.32 bits per heavy atom. The molecule has 1 heterocycles. The normalized spacial score (nSPS) is 11.5. The molecular formula is C15H19N3O. The van der Waals surface area contributed by atoms with Gasteiger partial charge in [0.2, 0.25) is 0 Å². The van der Waals surface area contributed by atoms with Crippen molar-refractivity contribution in [3.05, 3.63) is 58.1 Å². The predicted molar refractivity (Wildman–Crippen MR) is 77.2 cm³/mol. The van der Waals surface area contributed by atoms with E-state index in [4.69, 9.17) is 5.73 Å². The molecule has 0 aliphatic carbocycles. The van der Waals surface area contributed by atoms with Crippen LogP contribution in [0.3, 0.4) is 0 Å². The number of hydrogen-bond donors (Lipinski definition) is 1. The molecule has 4 heteroatoms. The van der Waals surface area contributed by atoms with Crippen molar-refractivity contribution in [3.63, 3.8) is 0 Å². The average molecular weight is 257 g/mol. The first kappa shape index (κ1) is 13.3. The highest BCUT2D eigenvalue weighted by Gasteiger charge is 2.12. The highest BCUT2D eigenvalue weighted by molar-refractivity contribution is 5.28. The van der Waals surface area contributed by atoms with Gasteiger partial charge >= 0.3 is 5.69 Å². The molecule has 0 spiro atoms. The maximum Gasteiger partial charge on any atom is 0.349 e. The zero-order chi connectivity index (χ0) is 14.0. The lowest BCUT2D eigenvalue weighted by molar-refractivity contribution is 0.589. The summed E-state index contributed by atoms with van der Waals surface area (Å²) in [5.41, 5.74) is 7.63. The molecule has 0 saturated carbocycles. The van der Waals surface area contributed by atoms with Crippen LogP contribution in [-0.2, 0) is 12.0 Å². The van der Waals surface area contributed by atoms with Crippen LogP contribution in [0, 0.1) is 0 Å². The molecule has 2 rings (SSSR count). The van der Waals surface area contributed by atoms with Gasteiger partial charge < -0.3 is 5.73 Å². The van der Waals surface area contributed by atoms with Crippen molar-refractivity contribution in [1.29, 1.82) is 0 Å². The molecule has 2 N–H and O–H groups in total. The highest BCUT2D eigenvalue weighted by atomic mass is 16.1. The van der Waals surface area contributed by atoms with Crippen LogP contribution in [0.25, 0.3) is 0 Å². The first-order valence-corrected chi connectivity index (χ1v) is 6.28. The zero-order valence-electron chi connectivity index (χ0n) is 11.6. The standard InChI is InChI=1S/C15H19N3O/c1-15(2,3)12-6-4-11(5-7-12)10-18-9-8-13(16)17-14(18)19/h4-9H,10H2,1-3H3,(H2,16,17,19). The molecule has 0 amide bonds. The number of benzene rings is 1. The fourth-order valence-electron chi connectivity index (χ4n) is 1.87. The van der Waals surface area contributed by atoms with E-state index in [1.807, 2.05) is 12.1 Å². The zero-order valence-corrected chi connectivity index (χ0v) is 11.6. The van der Waals surface area contributed by atoms with Crippen LogP contribution >= 0.6 is 0 Å². The minimum Gasteiger partial charge on any atom is -0.383 e. The Hall–Kier alpha value is -2.10. The quantitative estimate of drug-likeness (QED) is 0.897. The molecule has 2 aromatic rings. The third-order valence-electron chi connectivity index (χ3n) is 3.07. The smallest absolute Gasteiger partial charge is 0.349 e. The Bertz CT molecular complexity index is 621. The van der Waals surface area contributed by atoms with Crippen LogP contribution in [0.4, 0.5) is 5.82 Å². The molecule has 0 aliphatic rings. The van der Waals surface area contributed by atoms with Crippen molar-refractivity contribution < 1.29 is 0 Å². The van der Waals surface area contributed by atoms with E-state index in [9.17, 15) is 4.79 Å². The van der Waals surface area contributed by atoms with E-state index < -0.39 is 0 Å². The molecule has 0 bridgehead atoms. The predicted octanol–water partition coefficient (Wildman–Crippen LogP) is 2.17. The lowest BCUT2D eigenvalue weighted by atomic mass is 9.87. The van der Waals surface area contributed by atoms with Gasteiger partial charge in [0, 0.05) is 6.20 Å². The van der Waals surface area contributed by atoms with Crippen molar-refractivity contribution in [3.8, 4) is 0 Å². The molecule has 0 fully saturated rings. The minimum absolute atomic E-state index is 0.137. The monoisotopic (exact) mass is 257 g/mol. The van der Waals surface area contributed by atoms with E-state index in [1.54, 1.807) is 16.8 Å². The SMILES string of the molecule is CC(C)(C)c1ccc(Cn2ccc(N)nc2=O)cc1. The summed E-state index contributed by atoms with van der Waals surface area (Å²) in [5, 5.41) is 0. The molecule has 19 heavy (non-hydrogen) atoms. The van der Waals surface area contributed by atoms with Crippen LogP contribution in [0.1, 0.15) is 31.9 Å². The van der Waals surface area contributed by atoms with E-state index in [1.165, 1.54) is 5.56 Å². The van der Waals surface area contributed by atoms with E-state index in [2.05, 4.69) is 37.9 Å². The van der Waals surface area contributed by atoms with E-state index in [0.717, 1.165) is 5.56 Å². The first-order valence-electron chi connectivity index (χ1n) is 6.28. The van der Waals surface area contributed by atoms with Gasteiger partial charge in [-0.05, 0) is 22.6 Å². The van der Waals surface area contributed by atoms with Gasteiger partial charge in [-0.15, -0.1) is 0 Å². The van der Waals surface area contributed by atoms with Crippen LogP contribution in [0.15, 0.2) is 41.3 Å². The number of anilines is 1. The third kappa shape index (κ3) is 3.22. The minimum atomic E-state index is -0.320. The van der Waals surface area contributed by atoms with Gasteiger partial charge in [0.25, 0.3) is 0 Å². The number of hydrogen-bond acceptors (Lipinski definition) is 3. The largest absolute Gasteiger partial charge is 0.383 e. The summed E-state index contributed by atoms with van der Waals surface area (Å²) in [7, 11) is 0. The van der Waals surface area contributed by atoms with Crippen molar-refractivity contribution in [2.45, 2.75) is 32.7 Å². The van der Waals surface area contributed by atoms with Crippen LogP contribution in [0.5, 0.6) is 0 Å². The van der Waals surface area contributed by atoms with Crippen LogP contribution < -0.4 is 11.4 Å². The van der Waals surface area contributed by atoms with Gasteiger partial charge in [0.15, 0.2) is 0 Å². The summed E-state index contributed by atoms with van der Waals surface area (Å²) in [6, 6.07) is 9.92. The average Bonchev–Trinajstić information content (AvgIpc) is 2.32. The second-order valence-electron chi connectivity index (χ2n) is 5.71. The third-order valence-corrected chi connectivity index (χ3v) is 3.07. The van der Waals surface area contributed by atoms with Crippen LogP contribution in [-0.4, -0.2) is 9.55 Å². The van der Waals surface area contributed by atoms with Gasteiger partial charge in [-0.3, -0.25) is 4.57 Å². The number of rotatable bonds is 2. The Morgan fingerprint density at radius 1 is 1.16 bits per heavy atom. The number of nitrogen functional groups attached to an aromatic ring is 1. The number of nitrogens with two attached hydrogens (primary N) is 1. The molecule has 100 valence electrons. The molecule has 1 aromatic carbocycles. The fraction of sp³-hybridized carbons (Fsp3) is 0.333. The Balaban J connectivity index is 2.22. The number of nitrogens with zero attached hydrogens (tertiary/aromatic N) is 2. The van der Waals surface area contributed by atoms with Crippen LogP contribution in [0.2, 0.25) is 0 Å². The van der Waals surface area contributed by atoms with E-state index in [0.29, 0.717) is 6.54 Å². The summed E-state index contributed by atoms with van der Waals surface area (Å²) in [6.45, 7) is 7.04. The molecule has 0 atom stereocenters. The lowest BCUT2D eigenvalue weighted by Crippen LogP contribution is -2.23. The molecule has 1 aromatic heterocycles. The molecular weight excluding hydrogens is 238 g/mol. The Labute approximate surface area is 112 Å². The lowest BCUT2D eigenvalue weighted by Gasteiger charge is -2.19. The molecule has 0 unspecified atom stereocenters. The summed E-state index contributed by atoms with van der Waals surface area (Å²) >= 11 is 0. The van der Waals surface area contributed by atoms with Crippen molar-refractivity contribution in [2.24, 2.45) is 0 Å². The van der Waals surface area contributed by atoms with Crippen molar-refractivity contribution in [2.75, 3.05) is 5.73 Å². The summed E-state index contributed by atoms with van der Waals surface area (Å²) in [5.74, 6) is 0.254. The molecule has 4 nitrogen and oxygen atoms in total. The maximum atomic E-state index is 11.6. The summed E-state index contributed by atoms with van der Waals surface area (Å²) in [4.78, 5) is 15.4. The van der Waals surface area contributed by atoms with Gasteiger partial charge in [0.05, 0.1) is 6.54 Å². The van der Waals surface area contributed by atoms with Gasteiger partial charge in [0.1, 0.15) is 5.82 Å². The summed E-state index contributed by atoms with van der Waals surface area (Å²) in [6.07, 6.45) is 1.67. The van der Waals surface area contributed by atoms with Crippen molar-refractivity contribution >= 4 is 5.82 Å². The second kappa shape index (κ2) is 4.88. The maximum absolute atomic E-state index is 11.6. The number of aromatic nitrogens is 2. The van der Waals surface area contributed by atoms with Gasteiger partial charge in [-0.25, -0.2) is 4.79 Å². The van der Waals surface area contributed by atoms with Crippen molar-refractivity contribution in [1.82, 2.24) is 9.55 Å². The molecule has 0 radical (unpaired) electrons. The van der Waals surface area contributed by atoms with Gasteiger partial charge in [-0.1, -0.05) is 45.0 Å². The highest BCUT2D eigenvalue weighted by Crippen LogP contribution is 2.22. The van der Waals surface area contributed by atoms with E-state index >= 15 is 0 Å². The van der Waals surface area contributed by atoms with E-state index in [-0.39, 0.29) is 16.9 Å². The topological polar surface area (TPSA) is 60.9 Å². The first-order chi connectivity index (χ1) is 8.86. The molecule has 0 saturated heterocycles.